The van der Waals surface area contributed by atoms with Gasteiger partial charge in [0, 0.05) is 29.8 Å². The van der Waals surface area contributed by atoms with Crippen molar-refractivity contribution >= 4 is 38.6 Å². The number of anilines is 1. The normalized spacial score (nSPS) is 10.5. The Balaban J connectivity index is 1.95. The van der Waals surface area contributed by atoms with E-state index in [2.05, 4.69) is 31.2 Å². The Hall–Kier alpha value is -1.69. The Bertz CT molecular complexity index is 604. The Labute approximate surface area is 125 Å². The van der Waals surface area contributed by atoms with Crippen LogP contribution < -0.4 is 5.32 Å². The second-order valence-electron chi connectivity index (χ2n) is 4.22. The van der Waals surface area contributed by atoms with Crippen molar-refractivity contribution in [1.82, 2.24) is 9.97 Å². The zero-order valence-corrected chi connectivity index (χ0v) is 12.8. The van der Waals surface area contributed by atoms with Gasteiger partial charge in [-0.15, -0.1) is 0 Å². The summed E-state index contributed by atoms with van der Waals surface area (Å²) in [4.78, 5) is 19.9. The average Bonchev–Trinajstić information content (AvgIpc) is 2.43. The lowest BCUT2D eigenvalue weighted by atomic mass is 10.2. The zero-order valence-electron chi connectivity index (χ0n) is 11.2. The van der Waals surface area contributed by atoms with Crippen molar-refractivity contribution in [1.29, 1.82) is 0 Å². The van der Waals surface area contributed by atoms with Crippen LogP contribution in [0.25, 0.3) is 11.0 Å². The fourth-order valence-corrected chi connectivity index (χ4v) is 2.16. The van der Waals surface area contributed by atoms with Crippen LogP contribution in [0.1, 0.15) is 19.8 Å². The molecule has 0 saturated carbocycles. The summed E-state index contributed by atoms with van der Waals surface area (Å²) in [5.74, 6) is -0.157. The molecule has 5 nitrogen and oxygen atoms in total. The molecule has 0 aliphatic carbocycles. The number of nitrogens with zero attached hydrogens (tertiary/aromatic N) is 2. The van der Waals surface area contributed by atoms with E-state index in [1.807, 2.05) is 19.1 Å². The van der Waals surface area contributed by atoms with E-state index in [0.717, 1.165) is 27.6 Å². The van der Waals surface area contributed by atoms with Crippen LogP contribution in [-0.4, -0.2) is 29.1 Å². The fourth-order valence-electron chi connectivity index (χ4n) is 1.84. The highest BCUT2D eigenvalue weighted by Crippen LogP contribution is 2.21. The number of rotatable bonds is 6. The number of pyridine rings is 2. The molecule has 2 aromatic rings. The summed E-state index contributed by atoms with van der Waals surface area (Å²) in [5, 5.41) is 3.28. The van der Waals surface area contributed by atoms with Crippen LogP contribution in [0.5, 0.6) is 0 Å². The van der Waals surface area contributed by atoms with E-state index in [4.69, 9.17) is 4.74 Å². The lowest BCUT2D eigenvalue weighted by Crippen LogP contribution is -2.08. The highest BCUT2D eigenvalue weighted by atomic mass is 79.9. The maximum Gasteiger partial charge on any atom is 0.305 e. The molecular weight excluding hydrogens is 322 g/mol. The summed E-state index contributed by atoms with van der Waals surface area (Å²) in [6.45, 7) is 2.93. The number of fused-ring (bicyclic) bond motifs is 1. The molecule has 0 spiro atoms. The lowest BCUT2D eigenvalue weighted by molar-refractivity contribution is -0.143. The summed E-state index contributed by atoms with van der Waals surface area (Å²) < 4.78 is 5.78. The van der Waals surface area contributed by atoms with Gasteiger partial charge in [-0.1, -0.05) is 0 Å². The number of ether oxygens (including phenoxy) is 1. The molecular formula is C14H16BrN3O2. The van der Waals surface area contributed by atoms with Gasteiger partial charge < -0.3 is 10.1 Å². The van der Waals surface area contributed by atoms with Crippen molar-refractivity contribution in [2.24, 2.45) is 0 Å². The molecule has 0 aliphatic heterocycles. The molecule has 0 fully saturated rings. The van der Waals surface area contributed by atoms with Crippen LogP contribution in [0, 0.1) is 0 Å². The molecule has 1 N–H and O–H groups in total. The lowest BCUT2D eigenvalue weighted by Gasteiger charge is -2.08. The number of aromatic nitrogens is 2. The van der Waals surface area contributed by atoms with Crippen LogP contribution in [0.15, 0.2) is 29.0 Å². The first-order chi connectivity index (χ1) is 9.70. The molecule has 0 radical (unpaired) electrons. The van der Waals surface area contributed by atoms with E-state index in [1.165, 1.54) is 0 Å². The van der Waals surface area contributed by atoms with E-state index in [0.29, 0.717) is 19.6 Å². The van der Waals surface area contributed by atoms with Crippen molar-refractivity contribution in [3.05, 3.63) is 29.0 Å². The van der Waals surface area contributed by atoms with Crippen molar-refractivity contribution < 1.29 is 9.53 Å². The van der Waals surface area contributed by atoms with Crippen LogP contribution in [0.4, 0.5) is 5.69 Å². The number of esters is 1. The van der Waals surface area contributed by atoms with E-state index in [1.54, 1.807) is 12.4 Å². The Morgan fingerprint density at radius 3 is 3.10 bits per heavy atom. The number of hydrogen-bond acceptors (Lipinski definition) is 5. The molecule has 0 atom stereocenters. The average molecular weight is 338 g/mol. The third-order valence-corrected chi connectivity index (χ3v) is 3.16. The molecule has 20 heavy (non-hydrogen) atoms. The van der Waals surface area contributed by atoms with E-state index in [-0.39, 0.29) is 5.97 Å². The molecule has 2 aromatic heterocycles. The van der Waals surface area contributed by atoms with Gasteiger partial charge >= 0.3 is 5.97 Å². The van der Waals surface area contributed by atoms with Gasteiger partial charge in [-0.05, 0) is 41.4 Å². The Kier molecular flexibility index (Phi) is 5.29. The highest BCUT2D eigenvalue weighted by Gasteiger charge is 2.05. The Morgan fingerprint density at radius 2 is 2.30 bits per heavy atom. The van der Waals surface area contributed by atoms with Crippen LogP contribution in [0.3, 0.4) is 0 Å². The number of carbonyl (C=O) groups excluding carboxylic acids is 1. The second kappa shape index (κ2) is 7.19. The monoisotopic (exact) mass is 337 g/mol. The van der Waals surface area contributed by atoms with Gasteiger partial charge in [0.25, 0.3) is 0 Å². The minimum atomic E-state index is -0.157. The molecule has 106 valence electrons. The topological polar surface area (TPSA) is 64.1 Å². The van der Waals surface area contributed by atoms with Crippen molar-refractivity contribution in [3.8, 4) is 0 Å². The minimum absolute atomic E-state index is 0.157. The summed E-state index contributed by atoms with van der Waals surface area (Å²) in [7, 11) is 0. The van der Waals surface area contributed by atoms with Gasteiger partial charge in [-0.2, -0.15) is 0 Å². The molecule has 0 bridgehead atoms. The number of nitrogens with one attached hydrogen (secondary N) is 1. The second-order valence-corrected chi connectivity index (χ2v) is 5.13. The smallest absolute Gasteiger partial charge is 0.305 e. The standard InChI is InChI=1S/C14H16BrN3O2/c1-2-20-13(19)4-3-6-16-11-5-7-17-12-8-10(15)9-18-14(11)12/h5,7-9H,2-4,6H2,1H3,(H,16,17). The molecule has 2 rings (SSSR count). The molecule has 0 saturated heterocycles. The van der Waals surface area contributed by atoms with Crippen molar-refractivity contribution in [3.63, 3.8) is 0 Å². The zero-order chi connectivity index (χ0) is 14.4. The fraction of sp³-hybridized carbons (Fsp3) is 0.357. The Morgan fingerprint density at radius 1 is 1.45 bits per heavy atom. The molecule has 2 heterocycles. The van der Waals surface area contributed by atoms with E-state index in [9.17, 15) is 4.79 Å². The van der Waals surface area contributed by atoms with Gasteiger partial charge in [0.15, 0.2) is 0 Å². The molecule has 0 unspecified atom stereocenters. The molecule has 0 aliphatic rings. The molecule has 0 aromatic carbocycles. The van der Waals surface area contributed by atoms with Gasteiger partial charge in [0.1, 0.15) is 5.52 Å². The third-order valence-electron chi connectivity index (χ3n) is 2.72. The number of carbonyl (C=O) groups is 1. The highest BCUT2D eigenvalue weighted by molar-refractivity contribution is 9.10. The van der Waals surface area contributed by atoms with Crippen LogP contribution in [0.2, 0.25) is 0 Å². The first-order valence-corrected chi connectivity index (χ1v) is 7.29. The molecule has 0 amide bonds. The van der Waals surface area contributed by atoms with Gasteiger partial charge in [-0.3, -0.25) is 14.8 Å². The maximum absolute atomic E-state index is 11.2. The first kappa shape index (κ1) is 14.7. The quantitative estimate of drug-likeness (QED) is 0.648. The summed E-state index contributed by atoms with van der Waals surface area (Å²) in [6, 6.07) is 3.81. The number of halogens is 1. The number of hydrogen-bond donors (Lipinski definition) is 1. The SMILES string of the molecule is CCOC(=O)CCCNc1ccnc2cc(Br)cnc12. The van der Waals surface area contributed by atoms with Crippen molar-refractivity contribution in [2.75, 3.05) is 18.5 Å². The van der Waals surface area contributed by atoms with Gasteiger partial charge in [-0.25, -0.2) is 0 Å². The summed E-state index contributed by atoms with van der Waals surface area (Å²) in [6.07, 6.45) is 4.62. The minimum Gasteiger partial charge on any atom is -0.466 e. The predicted molar refractivity (Wildman–Crippen MR) is 81.6 cm³/mol. The third kappa shape index (κ3) is 3.90. The van der Waals surface area contributed by atoms with Crippen LogP contribution in [-0.2, 0) is 9.53 Å². The molecule has 6 heteroatoms. The maximum atomic E-state index is 11.2. The van der Waals surface area contributed by atoms with Gasteiger partial charge in [0.05, 0.1) is 17.8 Å². The first-order valence-electron chi connectivity index (χ1n) is 6.50. The summed E-state index contributed by atoms with van der Waals surface area (Å²) >= 11 is 3.38. The predicted octanol–water partition coefficient (Wildman–Crippen LogP) is 3.15. The largest absolute Gasteiger partial charge is 0.466 e. The van der Waals surface area contributed by atoms with Crippen molar-refractivity contribution in [2.45, 2.75) is 19.8 Å². The van der Waals surface area contributed by atoms with Gasteiger partial charge in [0.2, 0.25) is 0 Å². The van der Waals surface area contributed by atoms with Crippen LogP contribution >= 0.6 is 15.9 Å². The van der Waals surface area contributed by atoms with E-state index < -0.39 is 0 Å². The van der Waals surface area contributed by atoms with E-state index >= 15 is 0 Å². The summed E-state index contributed by atoms with van der Waals surface area (Å²) in [5.41, 5.74) is 2.58.